The molecule has 4 nitrogen and oxygen atoms in total. The summed E-state index contributed by atoms with van der Waals surface area (Å²) in [6.07, 6.45) is 0.890. The summed E-state index contributed by atoms with van der Waals surface area (Å²) in [6.45, 7) is 2.85. The molecule has 2 rings (SSSR count). The van der Waals surface area contributed by atoms with Crippen molar-refractivity contribution < 1.29 is 14.3 Å². The molecule has 2 fully saturated rings. The third kappa shape index (κ3) is 2.90. The molecule has 2 heterocycles. The van der Waals surface area contributed by atoms with E-state index in [-0.39, 0.29) is 12.0 Å². The molecule has 2 aliphatic heterocycles. The highest BCUT2D eigenvalue weighted by Gasteiger charge is 2.31. The van der Waals surface area contributed by atoms with E-state index in [1.54, 1.807) is 7.11 Å². The number of hydrogen-bond donors (Lipinski definition) is 0. The third-order valence-electron chi connectivity index (χ3n) is 3.24. The number of thioether (sulfide) groups is 1. The van der Waals surface area contributed by atoms with Crippen LogP contribution in [0.4, 0.5) is 0 Å². The molecule has 0 aromatic rings. The molecular weight excluding hydrogens is 226 g/mol. The number of ether oxygens (including phenoxy) is 2. The molecule has 5 heteroatoms. The summed E-state index contributed by atoms with van der Waals surface area (Å²) in [5.41, 5.74) is 0. The van der Waals surface area contributed by atoms with E-state index in [0.29, 0.717) is 25.6 Å². The lowest BCUT2D eigenvalue weighted by molar-refractivity contribution is -0.136. The minimum Gasteiger partial charge on any atom is -0.380 e. The van der Waals surface area contributed by atoms with Gasteiger partial charge in [-0.05, 0) is 5.75 Å². The highest BCUT2D eigenvalue weighted by Crippen LogP contribution is 2.29. The van der Waals surface area contributed by atoms with Gasteiger partial charge < -0.3 is 14.4 Å². The second kappa shape index (κ2) is 5.89. The molecule has 0 aromatic heterocycles. The average molecular weight is 245 g/mol. The summed E-state index contributed by atoms with van der Waals surface area (Å²) in [6, 6.07) is 0. The molecule has 2 unspecified atom stereocenters. The fraction of sp³-hybridized carbons (Fsp3) is 0.909. The predicted octanol–water partition coefficient (Wildman–Crippen LogP) is 0.613. The Bertz CT molecular complexity index is 243. The van der Waals surface area contributed by atoms with Crippen LogP contribution >= 0.6 is 11.8 Å². The van der Waals surface area contributed by atoms with E-state index in [0.717, 1.165) is 24.6 Å². The minimum atomic E-state index is 0.259. The first-order valence-electron chi connectivity index (χ1n) is 5.77. The molecular formula is C11H19NO3S. The van der Waals surface area contributed by atoms with Gasteiger partial charge in [-0.15, -0.1) is 0 Å². The van der Waals surface area contributed by atoms with E-state index in [9.17, 15) is 4.79 Å². The molecule has 2 atom stereocenters. The Kier molecular flexibility index (Phi) is 4.49. The van der Waals surface area contributed by atoms with Gasteiger partial charge >= 0.3 is 0 Å². The zero-order chi connectivity index (χ0) is 11.4. The molecule has 0 aromatic carbocycles. The number of nitrogens with zero attached hydrogens (tertiary/aromatic N) is 1. The van der Waals surface area contributed by atoms with Crippen LogP contribution in [-0.2, 0) is 14.3 Å². The number of amides is 1. The number of hydrogen-bond acceptors (Lipinski definition) is 4. The molecule has 0 aliphatic carbocycles. The fourth-order valence-corrected chi connectivity index (χ4v) is 3.61. The van der Waals surface area contributed by atoms with Gasteiger partial charge in [-0.25, -0.2) is 0 Å². The quantitative estimate of drug-likeness (QED) is 0.730. The second-order valence-electron chi connectivity index (χ2n) is 4.27. The van der Waals surface area contributed by atoms with Gasteiger partial charge in [-0.1, -0.05) is 0 Å². The smallest absolute Gasteiger partial charge is 0.223 e. The molecule has 0 saturated carbocycles. The summed E-state index contributed by atoms with van der Waals surface area (Å²) in [5.74, 6) is 2.73. The lowest BCUT2D eigenvalue weighted by Gasteiger charge is -2.28. The van der Waals surface area contributed by atoms with Crippen molar-refractivity contribution in [1.29, 1.82) is 0 Å². The Morgan fingerprint density at radius 2 is 2.19 bits per heavy atom. The van der Waals surface area contributed by atoms with Gasteiger partial charge in [0.15, 0.2) is 0 Å². The van der Waals surface area contributed by atoms with Crippen molar-refractivity contribution in [2.45, 2.75) is 12.5 Å². The number of carbonyl (C=O) groups excluding carboxylic acids is 1. The normalized spacial score (nSPS) is 30.7. The van der Waals surface area contributed by atoms with Gasteiger partial charge in [0, 0.05) is 38.3 Å². The zero-order valence-corrected chi connectivity index (χ0v) is 10.5. The van der Waals surface area contributed by atoms with E-state index >= 15 is 0 Å². The Balaban J connectivity index is 1.81. The number of methoxy groups -OCH3 is 1. The largest absolute Gasteiger partial charge is 0.380 e. The lowest BCUT2D eigenvalue weighted by Crippen LogP contribution is -2.42. The highest BCUT2D eigenvalue weighted by molar-refractivity contribution is 7.99. The van der Waals surface area contributed by atoms with Crippen LogP contribution in [0.25, 0.3) is 0 Å². The van der Waals surface area contributed by atoms with Crippen molar-refractivity contribution in [3.63, 3.8) is 0 Å². The van der Waals surface area contributed by atoms with Crippen molar-refractivity contribution in [2.75, 3.05) is 44.9 Å². The minimum absolute atomic E-state index is 0.259. The van der Waals surface area contributed by atoms with E-state index in [2.05, 4.69) is 0 Å². The Morgan fingerprint density at radius 3 is 2.88 bits per heavy atom. The van der Waals surface area contributed by atoms with Crippen LogP contribution in [0.15, 0.2) is 0 Å². The van der Waals surface area contributed by atoms with Crippen LogP contribution in [0.1, 0.15) is 6.42 Å². The first-order valence-corrected chi connectivity index (χ1v) is 6.93. The Hall–Kier alpha value is -0.260. The maximum atomic E-state index is 12.0. The van der Waals surface area contributed by atoms with Crippen molar-refractivity contribution >= 4 is 17.7 Å². The maximum Gasteiger partial charge on any atom is 0.223 e. The summed E-state index contributed by atoms with van der Waals surface area (Å²) in [5, 5.41) is 0. The van der Waals surface area contributed by atoms with Crippen LogP contribution in [-0.4, -0.2) is 61.8 Å². The second-order valence-corrected chi connectivity index (χ2v) is 5.34. The summed E-state index contributed by atoms with van der Waals surface area (Å²) in [7, 11) is 1.74. The molecule has 0 bridgehead atoms. The molecule has 16 heavy (non-hydrogen) atoms. The number of carbonyl (C=O) groups is 1. The van der Waals surface area contributed by atoms with Gasteiger partial charge in [-0.2, -0.15) is 11.8 Å². The van der Waals surface area contributed by atoms with Crippen LogP contribution in [0.3, 0.4) is 0 Å². The highest BCUT2D eigenvalue weighted by atomic mass is 32.2. The summed E-state index contributed by atoms with van der Waals surface area (Å²) >= 11 is 1.88. The lowest BCUT2D eigenvalue weighted by atomic mass is 10.0. The first-order chi connectivity index (χ1) is 7.81. The van der Waals surface area contributed by atoms with Crippen molar-refractivity contribution in [1.82, 2.24) is 4.90 Å². The van der Waals surface area contributed by atoms with E-state index < -0.39 is 0 Å². The van der Waals surface area contributed by atoms with Crippen LogP contribution < -0.4 is 0 Å². The molecule has 0 radical (unpaired) electrons. The number of morpholine rings is 1. The molecule has 92 valence electrons. The van der Waals surface area contributed by atoms with Gasteiger partial charge in [-0.3, -0.25) is 4.79 Å². The van der Waals surface area contributed by atoms with Gasteiger partial charge in [0.25, 0.3) is 0 Å². The van der Waals surface area contributed by atoms with Crippen LogP contribution in [0, 0.1) is 5.92 Å². The van der Waals surface area contributed by atoms with Crippen molar-refractivity contribution in [3.8, 4) is 0 Å². The predicted molar refractivity (Wildman–Crippen MR) is 63.6 cm³/mol. The van der Waals surface area contributed by atoms with Gasteiger partial charge in [0.1, 0.15) is 0 Å². The first kappa shape index (κ1) is 12.2. The SMILES string of the molecule is COC1CSCC1CC(=O)N1CCOCC1. The van der Waals surface area contributed by atoms with E-state index in [1.165, 1.54) is 0 Å². The van der Waals surface area contributed by atoms with E-state index in [1.807, 2.05) is 16.7 Å². The van der Waals surface area contributed by atoms with Gasteiger partial charge in [0.2, 0.25) is 5.91 Å². The molecule has 2 saturated heterocycles. The Labute approximate surface area is 101 Å². The fourth-order valence-electron chi connectivity index (χ4n) is 2.20. The van der Waals surface area contributed by atoms with Crippen molar-refractivity contribution in [3.05, 3.63) is 0 Å². The maximum absolute atomic E-state index is 12.0. The third-order valence-corrected chi connectivity index (χ3v) is 4.47. The standard InChI is InChI=1S/C11H19NO3S/c1-14-10-8-16-7-9(10)6-11(13)12-2-4-15-5-3-12/h9-10H,2-8H2,1H3. The molecule has 2 aliphatic rings. The molecule has 0 spiro atoms. The van der Waals surface area contributed by atoms with Gasteiger partial charge in [0.05, 0.1) is 19.3 Å². The van der Waals surface area contributed by atoms with Crippen LogP contribution in [0.5, 0.6) is 0 Å². The number of rotatable bonds is 3. The molecule has 1 amide bonds. The molecule has 0 N–H and O–H groups in total. The van der Waals surface area contributed by atoms with E-state index in [4.69, 9.17) is 9.47 Å². The topological polar surface area (TPSA) is 38.8 Å². The average Bonchev–Trinajstić information content (AvgIpc) is 2.77. The van der Waals surface area contributed by atoms with Crippen LogP contribution in [0.2, 0.25) is 0 Å². The summed E-state index contributed by atoms with van der Waals surface area (Å²) < 4.78 is 10.6. The summed E-state index contributed by atoms with van der Waals surface area (Å²) in [4.78, 5) is 13.9. The Morgan fingerprint density at radius 1 is 1.44 bits per heavy atom. The van der Waals surface area contributed by atoms with Crippen molar-refractivity contribution in [2.24, 2.45) is 5.92 Å². The zero-order valence-electron chi connectivity index (χ0n) is 9.68. The monoisotopic (exact) mass is 245 g/mol.